The van der Waals surface area contributed by atoms with E-state index in [1.165, 1.54) is 51.6 Å². The molecule has 2 rings (SSSR count). The van der Waals surface area contributed by atoms with Crippen LogP contribution in [0.2, 0.25) is 0 Å². The van der Waals surface area contributed by atoms with Crippen molar-refractivity contribution in [2.75, 3.05) is 19.6 Å². The first-order valence-corrected chi connectivity index (χ1v) is 7.41. The Kier molecular flexibility index (Phi) is 5.05. The topological polar surface area (TPSA) is 15.3 Å². The molecule has 17 heavy (non-hydrogen) atoms. The first-order chi connectivity index (χ1) is 8.31. The second-order valence-corrected chi connectivity index (χ2v) is 5.85. The summed E-state index contributed by atoms with van der Waals surface area (Å²) >= 11 is 0. The van der Waals surface area contributed by atoms with E-state index >= 15 is 0 Å². The van der Waals surface area contributed by atoms with E-state index in [1.54, 1.807) is 0 Å². The largest absolute Gasteiger partial charge is 0.311 e. The maximum absolute atomic E-state index is 3.86. The molecule has 0 aliphatic carbocycles. The fraction of sp³-hybridized carbons (Fsp3) is 0.867. The summed E-state index contributed by atoms with van der Waals surface area (Å²) in [6.45, 7) is 9.68. The molecule has 98 valence electrons. The highest BCUT2D eigenvalue weighted by Crippen LogP contribution is 2.32. The average Bonchev–Trinajstić information content (AvgIpc) is 2.66. The highest BCUT2D eigenvalue weighted by molar-refractivity contribution is 4.92. The van der Waals surface area contributed by atoms with Gasteiger partial charge in [-0.3, -0.25) is 4.90 Å². The predicted molar refractivity (Wildman–Crippen MR) is 74.2 cm³/mol. The first-order valence-electron chi connectivity index (χ1n) is 7.41. The second kappa shape index (κ2) is 6.55. The van der Waals surface area contributed by atoms with Gasteiger partial charge in [-0.2, -0.15) is 0 Å². The molecule has 0 spiro atoms. The van der Waals surface area contributed by atoms with Crippen molar-refractivity contribution in [3.63, 3.8) is 0 Å². The van der Waals surface area contributed by atoms with Gasteiger partial charge >= 0.3 is 0 Å². The van der Waals surface area contributed by atoms with Crippen LogP contribution in [0.5, 0.6) is 0 Å². The van der Waals surface area contributed by atoms with Crippen LogP contribution in [0.15, 0.2) is 12.7 Å². The number of hydrogen-bond donors (Lipinski definition) is 1. The quantitative estimate of drug-likeness (QED) is 0.684. The first kappa shape index (κ1) is 13.1. The second-order valence-electron chi connectivity index (χ2n) is 5.85. The molecule has 2 heterocycles. The van der Waals surface area contributed by atoms with Crippen molar-refractivity contribution in [1.82, 2.24) is 10.2 Å². The van der Waals surface area contributed by atoms with Crippen molar-refractivity contribution < 1.29 is 0 Å². The third-order valence-corrected chi connectivity index (χ3v) is 4.35. The van der Waals surface area contributed by atoms with E-state index in [-0.39, 0.29) is 0 Å². The van der Waals surface area contributed by atoms with Crippen molar-refractivity contribution in [3.05, 3.63) is 12.7 Å². The predicted octanol–water partition coefficient (Wildman–Crippen LogP) is 2.81. The van der Waals surface area contributed by atoms with Crippen molar-refractivity contribution in [3.8, 4) is 0 Å². The van der Waals surface area contributed by atoms with Crippen LogP contribution in [0.25, 0.3) is 0 Å². The van der Waals surface area contributed by atoms with Gasteiger partial charge < -0.3 is 5.32 Å². The minimum absolute atomic E-state index is 0.845. The molecule has 2 nitrogen and oxygen atoms in total. The molecule has 0 radical (unpaired) electrons. The zero-order valence-corrected chi connectivity index (χ0v) is 11.3. The number of piperidine rings is 1. The van der Waals surface area contributed by atoms with Crippen LogP contribution >= 0.6 is 0 Å². The molecule has 0 aromatic heterocycles. The number of nitrogens with one attached hydrogen (secondary N) is 1. The van der Waals surface area contributed by atoms with E-state index in [0.717, 1.165) is 24.5 Å². The van der Waals surface area contributed by atoms with Gasteiger partial charge in [-0.05, 0) is 57.5 Å². The zero-order valence-electron chi connectivity index (χ0n) is 11.3. The molecule has 0 amide bonds. The van der Waals surface area contributed by atoms with Gasteiger partial charge in [-0.1, -0.05) is 13.0 Å². The van der Waals surface area contributed by atoms with Gasteiger partial charge in [0, 0.05) is 18.6 Å². The Balaban J connectivity index is 1.71. The van der Waals surface area contributed by atoms with E-state index in [2.05, 4.69) is 23.7 Å². The third-order valence-electron chi connectivity index (χ3n) is 4.35. The van der Waals surface area contributed by atoms with Crippen LogP contribution in [-0.2, 0) is 0 Å². The van der Waals surface area contributed by atoms with Gasteiger partial charge in [0.25, 0.3) is 0 Å². The lowest BCUT2D eigenvalue weighted by atomic mass is 9.89. The monoisotopic (exact) mass is 236 g/mol. The van der Waals surface area contributed by atoms with Gasteiger partial charge in [0.1, 0.15) is 0 Å². The lowest BCUT2D eigenvalue weighted by Gasteiger charge is -2.31. The molecule has 2 bridgehead atoms. The fourth-order valence-electron chi connectivity index (χ4n) is 3.57. The molecule has 2 unspecified atom stereocenters. The van der Waals surface area contributed by atoms with Gasteiger partial charge in [-0.15, -0.1) is 6.58 Å². The highest BCUT2D eigenvalue weighted by Gasteiger charge is 2.33. The molecule has 2 fully saturated rings. The molecular weight excluding hydrogens is 208 g/mol. The maximum atomic E-state index is 3.86. The van der Waals surface area contributed by atoms with Crippen molar-refractivity contribution in [2.45, 2.75) is 57.5 Å². The van der Waals surface area contributed by atoms with Gasteiger partial charge in [-0.25, -0.2) is 0 Å². The summed E-state index contributed by atoms with van der Waals surface area (Å²) < 4.78 is 0. The fourth-order valence-corrected chi connectivity index (χ4v) is 3.57. The Labute approximate surface area is 106 Å². The van der Waals surface area contributed by atoms with Crippen molar-refractivity contribution in [1.29, 1.82) is 0 Å². The smallest absolute Gasteiger partial charge is 0.0160 e. The zero-order chi connectivity index (χ0) is 12.1. The van der Waals surface area contributed by atoms with Crippen LogP contribution in [0, 0.1) is 5.92 Å². The molecule has 0 aromatic rings. The standard InChI is InChI=1S/C15H28N2/c1-3-8-17(9-4-2)10-7-13-11-14-5-6-15(12-13)16-14/h3,13-16H,1,4-12H2,2H3. The van der Waals surface area contributed by atoms with E-state index in [1.807, 2.05) is 6.08 Å². The normalized spacial score (nSPS) is 32.0. The lowest BCUT2D eigenvalue weighted by molar-refractivity contribution is 0.230. The summed E-state index contributed by atoms with van der Waals surface area (Å²) in [5.74, 6) is 0.970. The van der Waals surface area contributed by atoms with Gasteiger partial charge in [0.15, 0.2) is 0 Å². The minimum Gasteiger partial charge on any atom is -0.311 e. The van der Waals surface area contributed by atoms with Crippen LogP contribution < -0.4 is 5.32 Å². The van der Waals surface area contributed by atoms with Crippen LogP contribution in [-0.4, -0.2) is 36.6 Å². The molecule has 2 atom stereocenters. The summed E-state index contributed by atoms with van der Waals surface area (Å²) in [5, 5.41) is 3.73. The Morgan fingerprint density at radius 3 is 2.53 bits per heavy atom. The van der Waals surface area contributed by atoms with Crippen LogP contribution in [0.3, 0.4) is 0 Å². The number of rotatable bonds is 7. The molecule has 0 saturated carbocycles. The maximum Gasteiger partial charge on any atom is 0.0160 e. The van der Waals surface area contributed by atoms with E-state index in [4.69, 9.17) is 0 Å². The van der Waals surface area contributed by atoms with Crippen molar-refractivity contribution >= 4 is 0 Å². The molecule has 2 saturated heterocycles. The Hall–Kier alpha value is -0.340. The highest BCUT2D eigenvalue weighted by atomic mass is 15.1. The number of fused-ring (bicyclic) bond motifs is 2. The van der Waals surface area contributed by atoms with Gasteiger partial charge in [0.2, 0.25) is 0 Å². The Bertz CT molecular complexity index is 227. The lowest BCUT2D eigenvalue weighted by Crippen LogP contribution is -2.39. The molecule has 2 aliphatic rings. The van der Waals surface area contributed by atoms with E-state index < -0.39 is 0 Å². The molecule has 0 aromatic carbocycles. The minimum atomic E-state index is 0.845. The summed E-state index contributed by atoms with van der Waals surface area (Å²) in [5.41, 5.74) is 0. The Morgan fingerprint density at radius 1 is 1.24 bits per heavy atom. The summed E-state index contributed by atoms with van der Waals surface area (Å²) in [6, 6.07) is 1.69. The average molecular weight is 236 g/mol. The third kappa shape index (κ3) is 3.82. The SMILES string of the molecule is C=CCN(CCC)CCC1CC2CCC(C1)N2. The molecule has 2 heteroatoms. The Morgan fingerprint density at radius 2 is 1.94 bits per heavy atom. The summed E-state index contributed by atoms with van der Waals surface area (Å²) in [4.78, 5) is 2.55. The number of nitrogens with zero attached hydrogens (tertiary/aromatic N) is 1. The van der Waals surface area contributed by atoms with Crippen molar-refractivity contribution in [2.24, 2.45) is 5.92 Å². The van der Waals surface area contributed by atoms with Crippen LogP contribution in [0.1, 0.15) is 45.4 Å². The summed E-state index contributed by atoms with van der Waals surface area (Å²) in [7, 11) is 0. The number of hydrogen-bond acceptors (Lipinski definition) is 2. The molecular formula is C15H28N2. The molecule has 1 N–H and O–H groups in total. The van der Waals surface area contributed by atoms with Crippen LogP contribution in [0.4, 0.5) is 0 Å². The van der Waals surface area contributed by atoms with Gasteiger partial charge in [0.05, 0.1) is 0 Å². The van der Waals surface area contributed by atoms with E-state index in [0.29, 0.717) is 0 Å². The van der Waals surface area contributed by atoms with E-state index in [9.17, 15) is 0 Å². The molecule has 2 aliphatic heterocycles. The summed E-state index contributed by atoms with van der Waals surface area (Å²) in [6.07, 6.45) is 10.4.